The van der Waals surface area contributed by atoms with Gasteiger partial charge < -0.3 is 5.73 Å². The van der Waals surface area contributed by atoms with E-state index in [0.29, 0.717) is 12.1 Å². The van der Waals surface area contributed by atoms with Crippen molar-refractivity contribution < 1.29 is 30.7 Å². The van der Waals surface area contributed by atoms with Gasteiger partial charge in [0, 0.05) is 5.56 Å². The molecule has 1 unspecified atom stereocenters. The van der Waals surface area contributed by atoms with Crippen LogP contribution in [0.4, 0.5) is 30.7 Å². The van der Waals surface area contributed by atoms with E-state index in [4.69, 9.17) is 5.73 Å². The van der Waals surface area contributed by atoms with Gasteiger partial charge in [0.25, 0.3) is 6.43 Å². The molecule has 0 saturated heterocycles. The highest BCUT2D eigenvalue weighted by atomic mass is 19.4. The fourth-order valence-electron chi connectivity index (χ4n) is 1.22. The van der Waals surface area contributed by atoms with Crippen molar-refractivity contribution in [3.05, 3.63) is 35.4 Å². The molecule has 0 aliphatic carbocycles. The molecule has 102 valence electrons. The third kappa shape index (κ3) is 2.74. The SMILES string of the molecule is NC(c1ccc(C(F)(F)C(F)(F)F)cc1)C(F)F. The number of benzene rings is 1. The quantitative estimate of drug-likeness (QED) is 0.838. The van der Waals surface area contributed by atoms with Crippen molar-refractivity contribution in [2.75, 3.05) is 0 Å². The topological polar surface area (TPSA) is 26.0 Å². The first-order chi connectivity index (χ1) is 8.07. The summed E-state index contributed by atoms with van der Waals surface area (Å²) in [5.74, 6) is -5.03. The average Bonchev–Trinajstić information content (AvgIpc) is 2.26. The van der Waals surface area contributed by atoms with Crippen LogP contribution in [-0.2, 0) is 5.92 Å². The Labute approximate surface area is 97.4 Å². The van der Waals surface area contributed by atoms with Crippen molar-refractivity contribution in [2.45, 2.75) is 24.6 Å². The molecule has 0 spiro atoms. The van der Waals surface area contributed by atoms with Gasteiger partial charge in [0.15, 0.2) is 0 Å². The molecule has 0 bridgehead atoms. The van der Waals surface area contributed by atoms with Gasteiger partial charge in [-0.05, 0) is 5.56 Å². The van der Waals surface area contributed by atoms with Gasteiger partial charge in [0.05, 0.1) is 6.04 Å². The van der Waals surface area contributed by atoms with Gasteiger partial charge in [-0.2, -0.15) is 22.0 Å². The molecule has 8 heteroatoms. The van der Waals surface area contributed by atoms with Crippen molar-refractivity contribution >= 4 is 0 Å². The minimum atomic E-state index is -5.74. The first-order valence-electron chi connectivity index (χ1n) is 4.66. The van der Waals surface area contributed by atoms with E-state index in [1.807, 2.05) is 0 Å². The lowest BCUT2D eigenvalue weighted by Crippen LogP contribution is -2.33. The molecule has 0 aromatic heterocycles. The van der Waals surface area contributed by atoms with Crippen LogP contribution in [0.3, 0.4) is 0 Å². The summed E-state index contributed by atoms with van der Waals surface area (Å²) < 4.78 is 86.1. The lowest BCUT2D eigenvalue weighted by atomic mass is 10.0. The Morgan fingerprint density at radius 2 is 1.33 bits per heavy atom. The molecule has 0 aliphatic heterocycles. The standard InChI is InChI=1S/C10H8F7N/c11-8(12)7(18)5-1-3-6(4-2-5)9(13,14)10(15,16)17/h1-4,7-8H,18H2. The largest absolute Gasteiger partial charge is 0.458 e. The summed E-state index contributed by atoms with van der Waals surface area (Å²) >= 11 is 0. The van der Waals surface area contributed by atoms with Crippen LogP contribution < -0.4 is 5.73 Å². The summed E-state index contributed by atoms with van der Waals surface area (Å²) in [5, 5.41) is 0. The highest BCUT2D eigenvalue weighted by Crippen LogP contribution is 2.43. The fraction of sp³-hybridized carbons (Fsp3) is 0.400. The van der Waals surface area contributed by atoms with Crippen molar-refractivity contribution in [2.24, 2.45) is 5.73 Å². The van der Waals surface area contributed by atoms with Crippen molar-refractivity contribution in [1.29, 1.82) is 0 Å². The van der Waals surface area contributed by atoms with Gasteiger partial charge >= 0.3 is 12.1 Å². The predicted molar refractivity (Wildman–Crippen MR) is 49.3 cm³/mol. The van der Waals surface area contributed by atoms with Crippen LogP contribution in [0.5, 0.6) is 0 Å². The van der Waals surface area contributed by atoms with Gasteiger partial charge in [-0.15, -0.1) is 0 Å². The normalized spacial score (nSPS) is 14.9. The van der Waals surface area contributed by atoms with Gasteiger partial charge in [0.2, 0.25) is 0 Å². The monoisotopic (exact) mass is 275 g/mol. The van der Waals surface area contributed by atoms with Crippen LogP contribution >= 0.6 is 0 Å². The van der Waals surface area contributed by atoms with Crippen LogP contribution in [0.25, 0.3) is 0 Å². The van der Waals surface area contributed by atoms with E-state index >= 15 is 0 Å². The molecule has 1 aromatic carbocycles. The number of hydrogen-bond acceptors (Lipinski definition) is 1. The van der Waals surface area contributed by atoms with E-state index in [0.717, 1.165) is 12.1 Å². The summed E-state index contributed by atoms with van der Waals surface area (Å²) in [5.41, 5.74) is 3.49. The zero-order valence-electron chi connectivity index (χ0n) is 8.69. The Hall–Kier alpha value is -1.31. The second-order valence-corrected chi connectivity index (χ2v) is 3.55. The molecule has 1 aromatic rings. The van der Waals surface area contributed by atoms with Crippen LogP contribution in [-0.4, -0.2) is 12.6 Å². The molecule has 2 N–H and O–H groups in total. The van der Waals surface area contributed by atoms with E-state index in [1.54, 1.807) is 0 Å². The molecule has 0 radical (unpaired) electrons. The summed E-state index contributed by atoms with van der Waals surface area (Å²) in [7, 11) is 0. The number of alkyl halides is 7. The third-order valence-electron chi connectivity index (χ3n) is 2.29. The molecule has 0 aliphatic rings. The molecular formula is C10H8F7N. The number of halogens is 7. The molecule has 18 heavy (non-hydrogen) atoms. The van der Waals surface area contributed by atoms with Crippen molar-refractivity contribution in [3.63, 3.8) is 0 Å². The summed E-state index contributed by atoms with van der Waals surface area (Å²) in [4.78, 5) is 0. The predicted octanol–water partition coefficient (Wildman–Crippen LogP) is 3.61. The molecule has 0 amide bonds. The van der Waals surface area contributed by atoms with Gasteiger partial charge in [-0.1, -0.05) is 24.3 Å². The molecule has 0 heterocycles. The Morgan fingerprint density at radius 3 is 1.67 bits per heavy atom. The fourth-order valence-corrected chi connectivity index (χ4v) is 1.22. The van der Waals surface area contributed by atoms with Crippen LogP contribution in [0.1, 0.15) is 17.2 Å². The maximum absolute atomic E-state index is 12.8. The van der Waals surface area contributed by atoms with E-state index in [2.05, 4.69) is 0 Å². The molecule has 1 rings (SSSR count). The van der Waals surface area contributed by atoms with Crippen molar-refractivity contribution in [3.8, 4) is 0 Å². The van der Waals surface area contributed by atoms with E-state index in [1.165, 1.54) is 0 Å². The smallest absolute Gasteiger partial charge is 0.319 e. The van der Waals surface area contributed by atoms with Gasteiger partial charge in [-0.25, -0.2) is 8.78 Å². The second kappa shape index (κ2) is 4.75. The Bertz CT molecular complexity index is 396. The van der Waals surface area contributed by atoms with Crippen LogP contribution in [0.15, 0.2) is 24.3 Å². The first kappa shape index (κ1) is 14.7. The molecular weight excluding hydrogens is 267 g/mol. The Balaban J connectivity index is 3.03. The molecule has 0 saturated carbocycles. The summed E-state index contributed by atoms with van der Waals surface area (Å²) in [6, 6.07) is 0.604. The lowest BCUT2D eigenvalue weighted by molar-refractivity contribution is -0.289. The molecule has 1 nitrogen and oxygen atoms in total. The minimum absolute atomic E-state index is 0.216. The number of hydrogen-bond donors (Lipinski definition) is 1. The second-order valence-electron chi connectivity index (χ2n) is 3.55. The Morgan fingerprint density at radius 1 is 0.889 bits per heavy atom. The summed E-state index contributed by atoms with van der Waals surface area (Å²) in [6.07, 6.45) is -8.67. The van der Waals surface area contributed by atoms with E-state index < -0.39 is 30.1 Å². The summed E-state index contributed by atoms with van der Waals surface area (Å²) in [6.45, 7) is 0. The Kier molecular flexibility index (Phi) is 3.89. The third-order valence-corrected chi connectivity index (χ3v) is 2.29. The lowest BCUT2D eigenvalue weighted by Gasteiger charge is -2.20. The van der Waals surface area contributed by atoms with Gasteiger partial charge in [-0.3, -0.25) is 0 Å². The molecule has 0 fully saturated rings. The average molecular weight is 275 g/mol. The van der Waals surface area contributed by atoms with Crippen LogP contribution in [0, 0.1) is 0 Å². The number of rotatable bonds is 3. The van der Waals surface area contributed by atoms with Gasteiger partial charge in [0.1, 0.15) is 0 Å². The van der Waals surface area contributed by atoms with E-state index in [-0.39, 0.29) is 5.56 Å². The zero-order valence-corrected chi connectivity index (χ0v) is 8.69. The van der Waals surface area contributed by atoms with Crippen molar-refractivity contribution in [1.82, 2.24) is 0 Å². The maximum atomic E-state index is 12.8. The minimum Gasteiger partial charge on any atom is -0.319 e. The maximum Gasteiger partial charge on any atom is 0.458 e. The highest BCUT2D eigenvalue weighted by Gasteiger charge is 2.58. The number of nitrogens with two attached hydrogens (primary N) is 1. The zero-order chi connectivity index (χ0) is 14.1. The highest BCUT2D eigenvalue weighted by molar-refractivity contribution is 5.28. The first-order valence-corrected chi connectivity index (χ1v) is 4.66. The molecule has 1 atom stereocenters. The van der Waals surface area contributed by atoms with E-state index in [9.17, 15) is 30.7 Å². The van der Waals surface area contributed by atoms with Crippen LogP contribution in [0.2, 0.25) is 0 Å².